The third-order valence-corrected chi connectivity index (χ3v) is 2.75. The van der Waals surface area contributed by atoms with Crippen LogP contribution in [0, 0.1) is 0 Å². The molecule has 1 heterocycles. The topological polar surface area (TPSA) is 27.1 Å². The molecule has 0 saturated heterocycles. The fraction of sp³-hybridized carbons (Fsp3) is 0.267. The molecule has 18 heavy (non-hydrogen) atoms. The van der Waals surface area contributed by atoms with E-state index in [9.17, 15) is 0 Å². The maximum atomic E-state index is 5.20. The molecular formula is C15H18N2O. The quantitative estimate of drug-likeness (QED) is 0.766. The van der Waals surface area contributed by atoms with Crippen LogP contribution in [0.15, 0.2) is 48.2 Å². The predicted octanol–water partition coefficient (Wildman–Crippen LogP) is 3.57. The Hall–Kier alpha value is -2.03. The van der Waals surface area contributed by atoms with Crippen LogP contribution in [-0.4, -0.2) is 16.9 Å². The standard InChI is InChI=1S/C15H18N2O/c1-4-5-6-12(2)10-17-11-13-7-8-14(18-3)9-15(13)16-17/h4-9,11H,10H2,1-3H3/b5-4-,12-6+. The molecule has 0 aliphatic rings. The van der Waals surface area contributed by atoms with Crippen molar-refractivity contribution in [3.8, 4) is 5.75 Å². The molecule has 3 nitrogen and oxygen atoms in total. The van der Waals surface area contributed by atoms with Gasteiger partial charge in [-0.1, -0.05) is 23.8 Å². The number of nitrogens with zero attached hydrogens (tertiary/aromatic N) is 2. The average Bonchev–Trinajstić information content (AvgIpc) is 2.77. The number of aromatic nitrogens is 2. The van der Waals surface area contributed by atoms with Gasteiger partial charge in [0.15, 0.2) is 0 Å². The van der Waals surface area contributed by atoms with Gasteiger partial charge in [-0.15, -0.1) is 0 Å². The Labute approximate surface area is 107 Å². The van der Waals surface area contributed by atoms with Crippen molar-refractivity contribution in [3.63, 3.8) is 0 Å². The van der Waals surface area contributed by atoms with Gasteiger partial charge in [0.05, 0.1) is 19.2 Å². The summed E-state index contributed by atoms with van der Waals surface area (Å²) in [6, 6.07) is 5.94. The predicted molar refractivity (Wildman–Crippen MR) is 74.9 cm³/mol. The molecule has 0 unspecified atom stereocenters. The average molecular weight is 242 g/mol. The van der Waals surface area contributed by atoms with E-state index in [0.29, 0.717) is 0 Å². The lowest BCUT2D eigenvalue weighted by Crippen LogP contribution is -1.98. The van der Waals surface area contributed by atoms with E-state index in [1.165, 1.54) is 5.57 Å². The number of methoxy groups -OCH3 is 1. The molecule has 3 heteroatoms. The van der Waals surface area contributed by atoms with Crippen LogP contribution < -0.4 is 4.74 Å². The number of hydrogen-bond donors (Lipinski definition) is 0. The molecule has 0 aliphatic heterocycles. The minimum Gasteiger partial charge on any atom is -0.497 e. The summed E-state index contributed by atoms with van der Waals surface area (Å²) in [6.45, 7) is 4.92. The molecular weight excluding hydrogens is 224 g/mol. The van der Waals surface area contributed by atoms with Crippen molar-refractivity contribution >= 4 is 10.9 Å². The Morgan fingerprint density at radius 3 is 3.00 bits per heavy atom. The van der Waals surface area contributed by atoms with Crippen LogP contribution in [0.3, 0.4) is 0 Å². The largest absolute Gasteiger partial charge is 0.497 e. The summed E-state index contributed by atoms with van der Waals surface area (Å²) < 4.78 is 7.15. The summed E-state index contributed by atoms with van der Waals surface area (Å²) in [6.07, 6.45) is 8.23. The number of allylic oxidation sites excluding steroid dienone is 4. The lowest BCUT2D eigenvalue weighted by Gasteiger charge is -1.99. The van der Waals surface area contributed by atoms with Crippen molar-refractivity contribution in [3.05, 3.63) is 48.2 Å². The zero-order chi connectivity index (χ0) is 13.0. The van der Waals surface area contributed by atoms with E-state index in [2.05, 4.69) is 24.3 Å². The highest BCUT2D eigenvalue weighted by molar-refractivity contribution is 5.79. The maximum absolute atomic E-state index is 5.20. The summed E-state index contributed by atoms with van der Waals surface area (Å²) >= 11 is 0. The van der Waals surface area contributed by atoms with Crippen molar-refractivity contribution in [2.24, 2.45) is 0 Å². The van der Waals surface area contributed by atoms with E-state index in [-0.39, 0.29) is 0 Å². The first kappa shape index (κ1) is 12.4. The van der Waals surface area contributed by atoms with Gasteiger partial charge in [0, 0.05) is 17.6 Å². The van der Waals surface area contributed by atoms with Crippen LogP contribution in [0.4, 0.5) is 0 Å². The third-order valence-electron chi connectivity index (χ3n) is 2.75. The first-order chi connectivity index (χ1) is 8.72. The SMILES string of the molecule is C/C=C\C=C(/C)Cn1cc2ccc(OC)cc2n1. The van der Waals surface area contributed by atoms with Gasteiger partial charge < -0.3 is 4.74 Å². The second-order valence-electron chi connectivity index (χ2n) is 4.29. The van der Waals surface area contributed by atoms with Crippen molar-refractivity contribution in [2.75, 3.05) is 7.11 Å². The van der Waals surface area contributed by atoms with E-state index in [1.54, 1.807) is 7.11 Å². The highest BCUT2D eigenvalue weighted by Gasteiger charge is 2.02. The molecule has 0 atom stereocenters. The molecule has 1 aromatic heterocycles. The highest BCUT2D eigenvalue weighted by Crippen LogP contribution is 2.19. The van der Waals surface area contributed by atoms with Crippen molar-refractivity contribution in [1.82, 2.24) is 9.78 Å². The lowest BCUT2D eigenvalue weighted by molar-refractivity contribution is 0.415. The monoisotopic (exact) mass is 242 g/mol. The van der Waals surface area contributed by atoms with E-state index in [0.717, 1.165) is 23.2 Å². The van der Waals surface area contributed by atoms with Crippen LogP contribution in [0.5, 0.6) is 5.75 Å². The third kappa shape index (κ3) is 2.80. The fourth-order valence-corrected chi connectivity index (χ4v) is 1.82. The molecule has 2 rings (SSSR count). The van der Waals surface area contributed by atoms with Gasteiger partial charge in [0.25, 0.3) is 0 Å². The van der Waals surface area contributed by atoms with Gasteiger partial charge in [-0.3, -0.25) is 4.68 Å². The number of hydrogen-bond acceptors (Lipinski definition) is 2. The molecule has 0 fully saturated rings. The highest BCUT2D eigenvalue weighted by atomic mass is 16.5. The Balaban J connectivity index is 2.24. The molecule has 1 aromatic carbocycles. The van der Waals surface area contributed by atoms with Crippen molar-refractivity contribution in [1.29, 1.82) is 0 Å². The van der Waals surface area contributed by atoms with Crippen LogP contribution >= 0.6 is 0 Å². The molecule has 0 saturated carbocycles. The van der Waals surface area contributed by atoms with Gasteiger partial charge in [-0.2, -0.15) is 5.10 Å². The molecule has 0 radical (unpaired) electrons. The Bertz CT molecular complexity index is 594. The maximum Gasteiger partial charge on any atom is 0.121 e. The van der Waals surface area contributed by atoms with Crippen LogP contribution in [0.25, 0.3) is 10.9 Å². The fourth-order valence-electron chi connectivity index (χ4n) is 1.82. The zero-order valence-electron chi connectivity index (χ0n) is 11.1. The summed E-state index contributed by atoms with van der Waals surface area (Å²) in [5, 5.41) is 5.68. The van der Waals surface area contributed by atoms with Crippen LogP contribution in [0.2, 0.25) is 0 Å². The van der Waals surface area contributed by atoms with Gasteiger partial charge in [0.1, 0.15) is 5.75 Å². The van der Waals surface area contributed by atoms with E-state index in [1.807, 2.05) is 42.0 Å². The van der Waals surface area contributed by atoms with Gasteiger partial charge in [-0.25, -0.2) is 0 Å². The Morgan fingerprint density at radius 2 is 2.28 bits per heavy atom. The zero-order valence-corrected chi connectivity index (χ0v) is 11.1. The van der Waals surface area contributed by atoms with Crippen LogP contribution in [0.1, 0.15) is 13.8 Å². The summed E-state index contributed by atoms with van der Waals surface area (Å²) in [7, 11) is 1.67. The second-order valence-corrected chi connectivity index (χ2v) is 4.29. The molecule has 0 amide bonds. The van der Waals surface area contributed by atoms with Gasteiger partial charge in [-0.05, 0) is 26.0 Å². The molecule has 0 aliphatic carbocycles. The van der Waals surface area contributed by atoms with Gasteiger partial charge in [0.2, 0.25) is 0 Å². The number of benzene rings is 1. The Morgan fingerprint density at radius 1 is 1.44 bits per heavy atom. The summed E-state index contributed by atoms with van der Waals surface area (Å²) in [5.74, 6) is 0.842. The number of ether oxygens (including phenoxy) is 1. The van der Waals surface area contributed by atoms with E-state index in [4.69, 9.17) is 4.74 Å². The number of rotatable bonds is 4. The first-order valence-electron chi connectivity index (χ1n) is 6.02. The Kier molecular flexibility index (Phi) is 3.82. The second kappa shape index (κ2) is 5.54. The molecule has 94 valence electrons. The minimum absolute atomic E-state index is 0.807. The lowest BCUT2D eigenvalue weighted by atomic mass is 10.2. The minimum atomic E-state index is 0.807. The van der Waals surface area contributed by atoms with Crippen molar-refractivity contribution < 1.29 is 4.74 Å². The van der Waals surface area contributed by atoms with Crippen LogP contribution in [-0.2, 0) is 6.54 Å². The van der Waals surface area contributed by atoms with E-state index >= 15 is 0 Å². The molecule has 2 aromatic rings. The number of fused-ring (bicyclic) bond motifs is 1. The smallest absolute Gasteiger partial charge is 0.121 e. The normalized spacial score (nSPS) is 12.5. The summed E-state index contributed by atoms with van der Waals surface area (Å²) in [4.78, 5) is 0. The van der Waals surface area contributed by atoms with Gasteiger partial charge >= 0.3 is 0 Å². The first-order valence-corrected chi connectivity index (χ1v) is 6.02. The summed E-state index contributed by atoms with van der Waals surface area (Å²) in [5.41, 5.74) is 2.24. The molecule has 0 N–H and O–H groups in total. The molecule has 0 spiro atoms. The molecule has 0 bridgehead atoms. The van der Waals surface area contributed by atoms with E-state index < -0.39 is 0 Å². The van der Waals surface area contributed by atoms with Crippen molar-refractivity contribution in [2.45, 2.75) is 20.4 Å².